The highest BCUT2D eigenvalue weighted by atomic mass is 35.5. The Bertz CT molecular complexity index is 769. The average molecular weight is 379 g/mol. The first kappa shape index (κ1) is 18.7. The van der Waals surface area contributed by atoms with Crippen molar-refractivity contribution in [2.24, 2.45) is 5.73 Å². The van der Waals surface area contributed by atoms with E-state index in [0.717, 1.165) is 12.0 Å². The second-order valence-electron chi connectivity index (χ2n) is 7.44. The number of nitrogens with zero attached hydrogens (tertiary/aromatic N) is 3. The van der Waals surface area contributed by atoms with Crippen LogP contribution in [0.3, 0.4) is 0 Å². The molecule has 2 unspecified atom stereocenters. The van der Waals surface area contributed by atoms with E-state index in [4.69, 9.17) is 26.5 Å². The zero-order valence-electron chi connectivity index (χ0n) is 15.1. The van der Waals surface area contributed by atoms with Gasteiger partial charge in [0.1, 0.15) is 11.6 Å². The molecule has 2 heterocycles. The first-order chi connectivity index (χ1) is 12.2. The average Bonchev–Trinajstić information content (AvgIpc) is 3.03. The van der Waals surface area contributed by atoms with Crippen LogP contribution < -0.4 is 5.73 Å². The van der Waals surface area contributed by atoms with Crippen molar-refractivity contribution in [2.45, 2.75) is 51.3 Å². The van der Waals surface area contributed by atoms with Gasteiger partial charge in [0.25, 0.3) is 0 Å². The Morgan fingerprint density at radius 3 is 2.62 bits per heavy atom. The number of aromatic nitrogens is 2. The molecule has 1 amide bonds. The molecule has 7 nitrogen and oxygen atoms in total. The molecule has 8 heteroatoms. The Hall–Kier alpha value is -2.12. The molecule has 1 aromatic heterocycles. The topological polar surface area (TPSA) is 94.5 Å². The summed E-state index contributed by atoms with van der Waals surface area (Å²) in [5.74, 6) is 0.767. The molecule has 2 atom stereocenters. The van der Waals surface area contributed by atoms with Crippen LogP contribution in [0, 0.1) is 0 Å². The Kier molecular flexibility index (Phi) is 5.20. The molecule has 2 aromatic rings. The van der Waals surface area contributed by atoms with E-state index < -0.39 is 11.7 Å². The van der Waals surface area contributed by atoms with E-state index in [-0.39, 0.29) is 12.1 Å². The zero-order valence-corrected chi connectivity index (χ0v) is 15.9. The zero-order chi connectivity index (χ0) is 18.9. The van der Waals surface area contributed by atoms with Crippen molar-refractivity contribution in [3.63, 3.8) is 0 Å². The van der Waals surface area contributed by atoms with Gasteiger partial charge in [-0.25, -0.2) is 4.79 Å². The van der Waals surface area contributed by atoms with Crippen LogP contribution in [0.5, 0.6) is 0 Å². The number of hydrogen-bond acceptors (Lipinski definition) is 6. The summed E-state index contributed by atoms with van der Waals surface area (Å²) in [5.41, 5.74) is 6.23. The second-order valence-corrected chi connectivity index (χ2v) is 7.87. The fourth-order valence-electron chi connectivity index (χ4n) is 2.86. The molecule has 3 rings (SSSR count). The van der Waals surface area contributed by atoms with Crippen molar-refractivity contribution in [1.82, 2.24) is 15.1 Å². The van der Waals surface area contributed by atoms with E-state index in [2.05, 4.69) is 10.2 Å². The number of halogens is 1. The predicted octanol–water partition coefficient (Wildman–Crippen LogP) is 3.79. The van der Waals surface area contributed by atoms with E-state index >= 15 is 0 Å². The molecule has 26 heavy (non-hydrogen) atoms. The lowest BCUT2D eigenvalue weighted by Crippen LogP contribution is -2.49. The van der Waals surface area contributed by atoms with Crippen LogP contribution in [0.4, 0.5) is 4.79 Å². The van der Waals surface area contributed by atoms with Crippen molar-refractivity contribution in [3.8, 4) is 11.5 Å². The lowest BCUT2D eigenvalue weighted by molar-refractivity contribution is 0.00380. The molecule has 0 saturated carbocycles. The van der Waals surface area contributed by atoms with Gasteiger partial charge in [0.05, 0.1) is 0 Å². The van der Waals surface area contributed by atoms with Crippen molar-refractivity contribution >= 4 is 17.7 Å². The SMILES string of the molecule is CC(C)(C)OC(=O)N1CC(N)CCC1c1nnc(-c2ccc(Cl)cc2)o1. The summed E-state index contributed by atoms with van der Waals surface area (Å²) in [7, 11) is 0. The summed E-state index contributed by atoms with van der Waals surface area (Å²) in [6.45, 7) is 5.87. The lowest BCUT2D eigenvalue weighted by Gasteiger charge is -2.37. The summed E-state index contributed by atoms with van der Waals surface area (Å²) in [5, 5.41) is 8.89. The molecule has 0 bridgehead atoms. The largest absolute Gasteiger partial charge is 0.444 e. The molecule has 0 spiro atoms. The van der Waals surface area contributed by atoms with E-state index in [0.29, 0.717) is 29.8 Å². The highest BCUT2D eigenvalue weighted by Crippen LogP contribution is 2.32. The Morgan fingerprint density at radius 2 is 1.96 bits per heavy atom. The highest BCUT2D eigenvalue weighted by molar-refractivity contribution is 6.30. The molecular weight excluding hydrogens is 356 g/mol. The summed E-state index contributed by atoms with van der Waals surface area (Å²) in [4.78, 5) is 14.2. The van der Waals surface area contributed by atoms with Crippen LogP contribution in [-0.4, -0.2) is 39.4 Å². The van der Waals surface area contributed by atoms with Crippen LogP contribution in [0.25, 0.3) is 11.5 Å². The molecule has 1 aliphatic heterocycles. The molecule has 140 valence electrons. The number of benzene rings is 1. The van der Waals surface area contributed by atoms with Gasteiger partial charge < -0.3 is 14.9 Å². The standard InChI is InChI=1S/C18H23ClN4O3/c1-18(2,3)26-17(24)23-10-13(20)8-9-14(23)16-22-21-15(25-16)11-4-6-12(19)7-5-11/h4-7,13-14H,8-10,20H2,1-3H3. The van der Waals surface area contributed by atoms with Crippen LogP contribution >= 0.6 is 11.6 Å². The minimum absolute atomic E-state index is 0.0996. The molecular formula is C18H23ClN4O3. The Balaban J connectivity index is 1.83. The lowest BCUT2D eigenvalue weighted by atomic mass is 9.99. The number of likely N-dealkylation sites (tertiary alicyclic amines) is 1. The fourth-order valence-corrected chi connectivity index (χ4v) is 2.98. The van der Waals surface area contributed by atoms with Crippen molar-refractivity contribution in [3.05, 3.63) is 35.2 Å². The van der Waals surface area contributed by atoms with Crippen LogP contribution in [0.1, 0.15) is 45.5 Å². The van der Waals surface area contributed by atoms with Gasteiger partial charge in [-0.1, -0.05) is 11.6 Å². The molecule has 2 N–H and O–H groups in total. The quantitative estimate of drug-likeness (QED) is 0.854. The van der Waals surface area contributed by atoms with Gasteiger partial charge in [0.15, 0.2) is 0 Å². The van der Waals surface area contributed by atoms with Gasteiger partial charge >= 0.3 is 6.09 Å². The summed E-state index contributed by atoms with van der Waals surface area (Å²) in [6.07, 6.45) is 0.981. The first-order valence-corrected chi connectivity index (χ1v) is 8.95. The van der Waals surface area contributed by atoms with E-state index in [1.165, 1.54) is 0 Å². The number of hydrogen-bond donors (Lipinski definition) is 1. The monoisotopic (exact) mass is 378 g/mol. The number of nitrogens with two attached hydrogens (primary N) is 1. The summed E-state index contributed by atoms with van der Waals surface area (Å²) in [6, 6.07) is 6.68. The predicted molar refractivity (Wildman–Crippen MR) is 97.6 cm³/mol. The van der Waals surface area contributed by atoms with Crippen LogP contribution in [0.15, 0.2) is 28.7 Å². The van der Waals surface area contributed by atoms with Crippen molar-refractivity contribution in [1.29, 1.82) is 0 Å². The van der Waals surface area contributed by atoms with E-state index in [1.54, 1.807) is 17.0 Å². The van der Waals surface area contributed by atoms with Gasteiger partial charge in [-0.2, -0.15) is 0 Å². The Labute approximate surface area is 157 Å². The number of carbonyl (C=O) groups excluding carboxylic acids is 1. The molecule has 0 radical (unpaired) electrons. The van der Waals surface area contributed by atoms with Crippen LogP contribution in [0.2, 0.25) is 5.02 Å². The number of rotatable bonds is 2. The number of piperidine rings is 1. The summed E-state index contributed by atoms with van der Waals surface area (Å²) < 4.78 is 11.3. The van der Waals surface area contributed by atoms with Gasteiger partial charge in [-0.3, -0.25) is 4.90 Å². The molecule has 0 aliphatic carbocycles. The number of amides is 1. The van der Waals surface area contributed by atoms with Crippen molar-refractivity contribution in [2.75, 3.05) is 6.54 Å². The summed E-state index contributed by atoms with van der Waals surface area (Å²) >= 11 is 5.91. The van der Waals surface area contributed by atoms with E-state index in [1.807, 2.05) is 32.9 Å². The number of ether oxygens (including phenoxy) is 1. The van der Waals surface area contributed by atoms with E-state index in [9.17, 15) is 4.79 Å². The highest BCUT2D eigenvalue weighted by Gasteiger charge is 2.37. The van der Waals surface area contributed by atoms with Crippen molar-refractivity contribution < 1.29 is 13.9 Å². The first-order valence-electron chi connectivity index (χ1n) is 8.57. The second kappa shape index (κ2) is 7.25. The third-order valence-electron chi connectivity index (χ3n) is 4.06. The molecule has 1 fully saturated rings. The maximum absolute atomic E-state index is 12.6. The van der Waals surface area contributed by atoms with Crippen LogP contribution in [-0.2, 0) is 4.74 Å². The number of carbonyl (C=O) groups is 1. The molecule has 1 aromatic carbocycles. The normalized spacial score (nSPS) is 20.9. The smallest absolute Gasteiger partial charge is 0.411 e. The molecule has 1 aliphatic rings. The van der Waals surface area contributed by atoms with Gasteiger partial charge in [0, 0.05) is 23.2 Å². The minimum Gasteiger partial charge on any atom is -0.444 e. The Morgan fingerprint density at radius 1 is 1.27 bits per heavy atom. The third kappa shape index (κ3) is 4.34. The van der Waals surface area contributed by atoms with Gasteiger partial charge in [-0.15, -0.1) is 10.2 Å². The third-order valence-corrected chi connectivity index (χ3v) is 4.32. The minimum atomic E-state index is -0.591. The maximum atomic E-state index is 12.6. The maximum Gasteiger partial charge on any atom is 0.411 e. The van der Waals surface area contributed by atoms with Gasteiger partial charge in [-0.05, 0) is 57.9 Å². The molecule has 1 saturated heterocycles. The van der Waals surface area contributed by atoms with Gasteiger partial charge in [0.2, 0.25) is 11.8 Å². The fraction of sp³-hybridized carbons (Fsp3) is 0.500.